The molecule has 1 N–H and O–H groups in total. The molecule has 1 aliphatic rings. The van der Waals surface area contributed by atoms with Crippen LogP contribution in [0, 0.1) is 10.1 Å². The highest BCUT2D eigenvalue weighted by Crippen LogP contribution is 2.38. The van der Waals surface area contributed by atoms with Gasteiger partial charge in [0.2, 0.25) is 5.75 Å². The first-order valence-electron chi connectivity index (χ1n) is 8.88. The number of anilines is 1. The van der Waals surface area contributed by atoms with Crippen molar-refractivity contribution in [2.24, 2.45) is 0 Å². The molecular weight excluding hydrogens is 442 g/mol. The summed E-state index contributed by atoms with van der Waals surface area (Å²) in [4.78, 5) is 36.0. The Bertz CT molecular complexity index is 1010. The van der Waals surface area contributed by atoms with Crippen LogP contribution in [0.3, 0.4) is 0 Å². The molecule has 29 heavy (non-hydrogen) atoms. The smallest absolute Gasteiger partial charge is 0.312 e. The van der Waals surface area contributed by atoms with E-state index in [-0.39, 0.29) is 23.1 Å². The van der Waals surface area contributed by atoms with E-state index in [4.69, 9.17) is 4.74 Å². The number of rotatable bonds is 6. The highest BCUT2D eigenvalue weighted by Gasteiger charge is 2.34. The molecule has 0 unspecified atom stereocenters. The number of nitro benzene ring substituents is 1. The largest absolute Gasteiger partial charge is 0.483 e. The van der Waals surface area contributed by atoms with Gasteiger partial charge >= 0.3 is 5.69 Å². The summed E-state index contributed by atoms with van der Waals surface area (Å²) in [5.41, 5.74) is 2.96. The average molecular weight is 460 g/mol. The topological polar surface area (TPSA) is 102 Å². The molecule has 2 aromatic rings. The Hall–Kier alpha value is -3.20. The Morgan fingerprint density at radius 2 is 1.97 bits per heavy atom. The number of hydrogen-bond acceptors (Lipinski definition) is 5. The molecule has 0 aliphatic carbocycles. The number of amides is 2. The molecule has 0 spiro atoms. The van der Waals surface area contributed by atoms with Gasteiger partial charge in [-0.25, -0.2) is 5.01 Å². The van der Waals surface area contributed by atoms with Gasteiger partial charge in [0.25, 0.3) is 11.8 Å². The van der Waals surface area contributed by atoms with Gasteiger partial charge in [0.15, 0.2) is 0 Å². The second-order valence-corrected chi connectivity index (χ2v) is 7.27. The molecular formula is C20H18BrN3O5. The van der Waals surface area contributed by atoms with Gasteiger partial charge in [-0.05, 0) is 59.1 Å². The number of halogens is 1. The van der Waals surface area contributed by atoms with Gasteiger partial charge in [0.1, 0.15) is 5.57 Å². The number of nitrogens with one attached hydrogen (secondary N) is 1. The van der Waals surface area contributed by atoms with Crippen LogP contribution < -0.4 is 15.2 Å². The third kappa shape index (κ3) is 4.29. The van der Waals surface area contributed by atoms with Gasteiger partial charge in [0.05, 0.1) is 21.2 Å². The minimum absolute atomic E-state index is 0.111. The molecule has 9 heteroatoms. The van der Waals surface area contributed by atoms with Crippen molar-refractivity contribution in [3.8, 4) is 5.75 Å². The lowest BCUT2D eigenvalue weighted by molar-refractivity contribution is -0.386. The minimum Gasteiger partial charge on any atom is -0.483 e. The second kappa shape index (κ2) is 8.44. The second-order valence-electron chi connectivity index (χ2n) is 6.42. The number of carbonyl (C=O) groups is 2. The Morgan fingerprint density at radius 1 is 1.28 bits per heavy atom. The van der Waals surface area contributed by atoms with Crippen molar-refractivity contribution in [2.75, 3.05) is 5.01 Å². The van der Waals surface area contributed by atoms with E-state index in [0.717, 1.165) is 5.01 Å². The Kier molecular flexibility index (Phi) is 5.97. The summed E-state index contributed by atoms with van der Waals surface area (Å²) in [7, 11) is 0. The van der Waals surface area contributed by atoms with Gasteiger partial charge in [-0.15, -0.1) is 0 Å². The lowest BCUT2D eigenvalue weighted by Crippen LogP contribution is -2.35. The molecule has 150 valence electrons. The third-order valence-corrected chi connectivity index (χ3v) is 4.94. The van der Waals surface area contributed by atoms with Crippen molar-refractivity contribution >= 4 is 45.2 Å². The van der Waals surface area contributed by atoms with Gasteiger partial charge < -0.3 is 4.74 Å². The van der Waals surface area contributed by atoms with Crippen LogP contribution in [0.15, 0.2) is 52.5 Å². The quantitative estimate of drug-likeness (QED) is 0.304. The molecule has 3 rings (SSSR count). The number of carbonyl (C=O) groups excluding carboxylic acids is 2. The molecule has 8 nitrogen and oxygen atoms in total. The zero-order chi connectivity index (χ0) is 21.1. The van der Waals surface area contributed by atoms with Crippen molar-refractivity contribution < 1.29 is 19.2 Å². The van der Waals surface area contributed by atoms with Crippen LogP contribution >= 0.6 is 15.9 Å². The molecule has 0 aromatic heterocycles. The van der Waals surface area contributed by atoms with Crippen molar-refractivity contribution in [1.29, 1.82) is 0 Å². The fraction of sp³-hybridized carbons (Fsp3) is 0.200. The summed E-state index contributed by atoms with van der Waals surface area (Å²) in [6.45, 7) is 3.72. The third-order valence-electron chi connectivity index (χ3n) is 4.35. The zero-order valence-corrected chi connectivity index (χ0v) is 17.3. The van der Waals surface area contributed by atoms with Crippen molar-refractivity contribution in [3.63, 3.8) is 0 Å². The maximum absolute atomic E-state index is 12.7. The molecule has 0 saturated carbocycles. The SMILES string of the molecule is CC[C@H](C)Oc1c(Br)cc(/C=C2/C(=O)NN(c3ccccc3)C2=O)cc1[N+](=O)[O-]. The highest BCUT2D eigenvalue weighted by atomic mass is 79.9. The Balaban J connectivity index is 1.98. The predicted octanol–water partition coefficient (Wildman–Crippen LogP) is 4.00. The van der Waals surface area contributed by atoms with Crippen LogP contribution in [-0.4, -0.2) is 22.8 Å². The molecule has 2 amide bonds. The summed E-state index contributed by atoms with van der Waals surface area (Å²) in [5.74, 6) is -1.02. The van der Waals surface area contributed by atoms with E-state index in [9.17, 15) is 19.7 Å². The van der Waals surface area contributed by atoms with E-state index >= 15 is 0 Å². The molecule has 2 aromatic carbocycles. The van der Waals surface area contributed by atoms with E-state index in [2.05, 4.69) is 21.4 Å². The first kappa shape index (κ1) is 20.5. The van der Waals surface area contributed by atoms with E-state index in [1.54, 1.807) is 36.4 Å². The van der Waals surface area contributed by atoms with Crippen molar-refractivity contribution in [2.45, 2.75) is 26.4 Å². The molecule has 1 aliphatic heterocycles. The number of hydrazine groups is 1. The first-order chi connectivity index (χ1) is 13.8. The van der Waals surface area contributed by atoms with Crippen LogP contribution in [0.25, 0.3) is 6.08 Å². The fourth-order valence-electron chi connectivity index (χ4n) is 2.70. The summed E-state index contributed by atoms with van der Waals surface area (Å²) in [6, 6.07) is 11.5. The van der Waals surface area contributed by atoms with Crippen molar-refractivity contribution in [3.05, 3.63) is 68.2 Å². The Morgan fingerprint density at radius 3 is 2.59 bits per heavy atom. The average Bonchev–Trinajstić information content (AvgIpc) is 2.98. The number of nitrogens with zero attached hydrogens (tertiary/aromatic N) is 2. The van der Waals surface area contributed by atoms with Crippen LogP contribution in [0.5, 0.6) is 5.75 Å². The molecule has 0 radical (unpaired) electrons. The molecule has 1 saturated heterocycles. The van der Waals surface area contributed by atoms with Crippen LogP contribution in [0.2, 0.25) is 0 Å². The molecule has 1 atom stereocenters. The number of nitro groups is 1. The van der Waals surface area contributed by atoms with E-state index < -0.39 is 16.7 Å². The minimum atomic E-state index is -0.586. The summed E-state index contributed by atoms with van der Waals surface area (Å²) in [6.07, 6.45) is 1.79. The van der Waals surface area contributed by atoms with E-state index in [1.807, 2.05) is 13.8 Å². The van der Waals surface area contributed by atoms with Crippen molar-refractivity contribution in [1.82, 2.24) is 5.43 Å². The maximum Gasteiger partial charge on any atom is 0.312 e. The van der Waals surface area contributed by atoms with E-state index in [0.29, 0.717) is 22.1 Å². The number of para-hydroxylation sites is 1. The van der Waals surface area contributed by atoms with Gasteiger partial charge in [-0.2, -0.15) is 0 Å². The first-order valence-corrected chi connectivity index (χ1v) is 9.68. The monoisotopic (exact) mass is 459 g/mol. The van der Waals surface area contributed by atoms with Gasteiger partial charge in [0, 0.05) is 6.07 Å². The zero-order valence-electron chi connectivity index (χ0n) is 15.7. The lowest BCUT2D eigenvalue weighted by Gasteiger charge is -2.14. The summed E-state index contributed by atoms with van der Waals surface area (Å²) >= 11 is 3.30. The van der Waals surface area contributed by atoms with Crippen LogP contribution in [0.1, 0.15) is 25.8 Å². The maximum atomic E-state index is 12.7. The summed E-state index contributed by atoms with van der Waals surface area (Å²) in [5, 5.41) is 12.7. The molecule has 1 heterocycles. The standard InChI is InChI=1S/C20H18BrN3O5/c1-3-12(2)29-18-16(21)10-13(11-17(18)24(27)28)9-15-19(25)22-23(20(15)26)14-7-5-4-6-8-14/h4-12H,3H2,1-2H3,(H,22,25)/b15-9-/t12-/m0/s1. The Labute approximate surface area is 175 Å². The number of hydrogen-bond donors (Lipinski definition) is 1. The number of ether oxygens (including phenoxy) is 1. The van der Waals surface area contributed by atoms with E-state index in [1.165, 1.54) is 12.1 Å². The molecule has 1 fully saturated rings. The number of benzene rings is 2. The predicted molar refractivity (Wildman–Crippen MR) is 111 cm³/mol. The summed E-state index contributed by atoms with van der Waals surface area (Å²) < 4.78 is 6.03. The lowest BCUT2D eigenvalue weighted by atomic mass is 10.1. The van der Waals surface area contributed by atoms with Gasteiger partial charge in [-0.3, -0.25) is 25.1 Å². The van der Waals surface area contributed by atoms with Crippen LogP contribution in [-0.2, 0) is 9.59 Å². The van der Waals surface area contributed by atoms with Gasteiger partial charge in [-0.1, -0.05) is 25.1 Å². The molecule has 0 bridgehead atoms. The normalized spacial score (nSPS) is 16.1. The fourth-order valence-corrected chi connectivity index (χ4v) is 3.26. The van der Waals surface area contributed by atoms with Crippen LogP contribution in [0.4, 0.5) is 11.4 Å². The highest BCUT2D eigenvalue weighted by molar-refractivity contribution is 9.10.